The van der Waals surface area contributed by atoms with Crippen molar-refractivity contribution < 1.29 is 14.3 Å². The maximum absolute atomic E-state index is 12.0. The van der Waals surface area contributed by atoms with Gasteiger partial charge in [-0.25, -0.2) is 0 Å². The number of rotatable bonds is 7. The van der Waals surface area contributed by atoms with Crippen LogP contribution in [0, 0.1) is 0 Å². The molecule has 0 bridgehead atoms. The van der Waals surface area contributed by atoms with Crippen LogP contribution in [-0.4, -0.2) is 25.1 Å². The highest BCUT2D eigenvalue weighted by Gasteiger charge is 2.00. The molecule has 0 radical (unpaired) electrons. The van der Waals surface area contributed by atoms with E-state index in [9.17, 15) is 4.79 Å². The van der Waals surface area contributed by atoms with Gasteiger partial charge < -0.3 is 14.8 Å². The third-order valence-electron chi connectivity index (χ3n) is 4.11. The normalized spacial score (nSPS) is 11.0. The van der Waals surface area contributed by atoms with Crippen LogP contribution in [0.5, 0.6) is 11.5 Å². The molecule has 0 atom stereocenters. The average Bonchev–Trinajstić information content (AvgIpc) is 2.77. The Hall–Kier alpha value is -3.86. The van der Waals surface area contributed by atoms with E-state index in [0.29, 0.717) is 0 Å². The minimum absolute atomic E-state index is 0.206. The molecule has 5 nitrogen and oxygen atoms in total. The smallest absolute Gasteiger partial charge is 0.248 e. The molecule has 0 aliphatic heterocycles. The average molecular weight is 386 g/mol. The third-order valence-corrected chi connectivity index (χ3v) is 4.11. The maximum atomic E-state index is 12.0. The lowest BCUT2D eigenvalue weighted by Crippen LogP contribution is -2.07. The van der Waals surface area contributed by atoms with E-state index in [1.54, 1.807) is 26.5 Å². The van der Waals surface area contributed by atoms with Crippen molar-refractivity contribution in [2.24, 2.45) is 0 Å². The van der Waals surface area contributed by atoms with Crippen LogP contribution in [-0.2, 0) is 4.79 Å². The summed E-state index contributed by atoms with van der Waals surface area (Å²) in [5.41, 5.74) is 3.44. The van der Waals surface area contributed by atoms with Gasteiger partial charge in [0.2, 0.25) is 5.91 Å². The molecule has 0 spiro atoms. The standard InChI is InChI=1S/C24H22N2O3/c1-28-22-15-19(16-23(17-22)29-2)7-6-18-8-10-21(11-9-18)26-24(27)13-12-20-5-3-4-14-25-20/h3-17H,1-2H3,(H,26,27)/b7-6+,13-12+. The number of nitrogens with one attached hydrogen (secondary N) is 1. The van der Waals surface area contributed by atoms with Gasteiger partial charge in [0.1, 0.15) is 11.5 Å². The number of methoxy groups -OCH3 is 2. The van der Waals surface area contributed by atoms with Crippen LogP contribution in [0.3, 0.4) is 0 Å². The first-order chi connectivity index (χ1) is 14.2. The second-order valence-corrected chi connectivity index (χ2v) is 6.18. The molecule has 146 valence electrons. The predicted molar refractivity (Wildman–Crippen MR) is 117 cm³/mol. The summed E-state index contributed by atoms with van der Waals surface area (Å²) in [7, 11) is 3.25. The van der Waals surface area contributed by atoms with Gasteiger partial charge in [-0.15, -0.1) is 0 Å². The summed E-state index contributed by atoms with van der Waals surface area (Å²) in [6.45, 7) is 0. The third kappa shape index (κ3) is 6.07. The van der Waals surface area contributed by atoms with Gasteiger partial charge >= 0.3 is 0 Å². The lowest BCUT2D eigenvalue weighted by Gasteiger charge is -2.06. The topological polar surface area (TPSA) is 60.5 Å². The fourth-order valence-corrected chi connectivity index (χ4v) is 2.62. The van der Waals surface area contributed by atoms with E-state index < -0.39 is 0 Å². The summed E-state index contributed by atoms with van der Waals surface area (Å²) < 4.78 is 10.6. The van der Waals surface area contributed by atoms with Crippen molar-refractivity contribution in [1.82, 2.24) is 4.98 Å². The number of anilines is 1. The van der Waals surface area contributed by atoms with E-state index in [1.807, 2.05) is 72.8 Å². The van der Waals surface area contributed by atoms with Crippen molar-refractivity contribution in [3.05, 3.63) is 89.8 Å². The highest BCUT2D eigenvalue weighted by atomic mass is 16.5. The summed E-state index contributed by atoms with van der Waals surface area (Å²) in [6.07, 6.45) is 8.79. The molecular weight excluding hydrogens is 364 g/mol. The Bertz CT molecular complexity index is 988. The Morgan fingerprint density at radius 3 is 2.17 bits per heavy atom. The lowest BCUT2D eigenvalue weighted by molar-refractivity contribution is -0.111. The molecule has 5 heteroatoms. The van der Waals surface area contributed by atoms with E-state index in [-0.39, 0.29) is 5.91 Å². The molecule has 1 heterocycles. The number of carbonyl (C=O) groups is 1. The van der Waals surface area contributed by atoms with Crippen LogP contribution in [0.2, 0.25) is 0 Å². The first-order valence-electron chi connectivity index (χ1n) is 9.07. The molecule has 0 fully saturated rings. The van der Waals surface area contributed by atoms with Gasteiger partial charge in [0.05, 0.1) is 19.9 Å². The fraction of sp³-hybridized carbons (Fsp3) is 0.0833. The number of pyridine rings is 1. The van der Waals surface area contributed by atoms with Crippen molar-refractivity contribution in [1.29, 1.82) is 0 Å². The first kappa shape index (κ1) is 19.9. The minimum atomic E-state index is -0.206. The quantitative estimate of drug-likeness (QED) is 0.462. The zero-order chi connectivity index (χ0) is 20.5. The van der Waals surface area contributed by atoms with E-state index in [1.165, 1.54) is 6.08 Å². The monoisotopic (exact) mass is 386 g/mol. The maximum Gasteiger partial charge on any atom is 0.248 e. The second-order valence-electron chi connectivity index (χ2n) is 6.18. The number of benzene rings is 2. The summed E-state index contributed by atoms with van der Waals surface area (Å²) >= 11 is 0. The first-order valence-corrected chi connectivity index (χ1v) is 9.07. The van der Waals surface area contributed by atoms with Crippen molar-refractivity contribution in [2.75, 3.05) is 19.5 Å². The van der Waals surface area contributed by atoms with E-state index in [4.69, 9.17) is 9.47 Å². The molecule has 3 aromatic rings. The van der Waals surface area contributed by atoms with E-state index >= 15 is 0 Å². The van der Waals surface area contributed by atoms with Crippen LogP contribution in [0.15, 0.2) is 72.9 Å². The van der Waals surface area contributed by atoms with Gasteiger partial charge in [-0.1, -0.05) is 30.4 Å². The zero-order valence-electron chi connectivity index (χ0n) is 16.3. The highest BCUT2D eigenvalue weighted by molar-refractivity contribution is 6.01. The van der Waals surface area contributed by atoms with Crippen molar-refractivity contribution in [3.8, 4) is 11.5 Å². The number of hydrogen-bond donors (Lipinski definition) is 1. The molecule has 2 aromatic carbocycles. The second kappa shape index (κ2) is 9.90. The Labute approximate surface area is 170 Å². The van der Waals surface area contributed by atoms with Gasteiger partial charge in [-0.3, -0.25) is 9.78 Å². The number of ether oxygens (including phenoxy) is 2. The van der Waals surface area contributed by atoms with Crippen molar-refractivity contribution >= 4 is 29.8 Å². The Balaban J connectivity index is 1.62. The minimum Gasteiger partial charge on any atom is -0.497 e. The Morgan fingerprint density at radius 1 is 0.862 bits per heavy atom. The number of hydrogen-bond acceptors (Lipinski definition) is 4. The molecule has 1 aromatic heterocycles. The molecule has 1 amide bonds. The molecule has 29 heavy (non-hydrogen) atoms. The number of carbonyl (C=O) groups excluding carboxylic acids is 1. The molecule has 0 unspecified atom stereocenters. The number of nitrogens with zero attached hydrogens (tertiary/aromatic N) is 1. The van der Waals surface area contributed by atoms with Crippen LogP contribution < -0.4 is 14.8 Å². The molecular formula is C24H22N2O3. The van der Waals surface area contributed by atoms with Crippen molar-refractivity contribution in [2.45, 2.75) is 0 Å². The van der Waals surface area contributed by atoms with Crippen LogP contribution in [0.1, 0.15) is 16.8 Å². The van der Waals surface area contributed by atoms with Crippen LogP contribution in [0.25, 0.3) is 18.2 Å². The van der Waals surface area contributed by atoms with Gasteiger partial charge in [-0.2, -0.15) is 0 Å². The summed E-state index contributed by atoms with van der Waals surface area (Å²) in [4.78, 5) is 16.2. The van der Waals surface area contributed by atoms with Crippen molar-refractivity contribution in [3.63, 3.8) is 0 Å². The highest BCUT2D eigenvalue weighted by Crippen LogP contribution is 2.24. The summed E-state index contributed by atoms with van der Waals surface area (Å²) in [5, 5.41) is 2.83. The van der Waals surface area contributed by atoms with Crippen LogP contribution >= 0.6 is 0 Å². The van der Waals surface area contributed by atoms with E-state index in [0.717, 1.165) is 34.0 Å². The number of aromatic nitrogens is 1. The largest absolute Gasteiger partial charge is 0.497 e. The Morgan fingerprint density at radius 2 is 1.55 bits per heavy atom. The van der Waals surface area contributed by atoms with Gasteiger partial charge in [0.25, 0.3) is 0 Å². The predicted octanol–water partition coefficient (Wildman–Crippen LogP) is 4.92. The van der Waals surface area contributed by atoms with Gasteiger partial charge in [0, 0.05) is 24.0 Å². The van der Waals surface area contributed by atoms with E-state index in [2.05, 4.69) is 10.3 Å². The Kier molecular flexibility index (Phi) is 6.79. The van der Waals surface area contributed by atoms with Gasteiger partial charge in [0.15, 0.2) is 0 Å². The molecule has 0 saturated carbocycles. The molecule has 1 N–H and O–H groups in total. The van der Waals surface area contributed by atoms with Gasteiger partial charge in [-0.05, 0) is 53.6 Å². The summed E-state index contributed by atoms with van der Waals surface area (Å²) in [6, 6.07) is 18.8. The molecule has 0 aliphatic carbocycles. The lowest BCUT2D eigenvalue weighted by atomic mass is 10.1. The molecule has 3 rings (SSSR count). The van der Waals surface area contributed by atoms with Crippen LogP contribution in [0.4, 0.5) is 5.69 Å². The summed E-state index contributed by atoms with van der Waals surface area (Å²) in [5.74, 6) is 1.27. The zero-order valence-corrected chi connectivity index (χ0v) is 16.3. The number of amides is 1. The molecule has 0 aliphatic rings. The molecule has 0 saturated heterocycles. The fourth-order valence-electron chi connectivity index (χ4n) is 2.62. The SMILES string of the molecule is COc1cc(/C=C/c2ccc(NC(=O)/C=C/c3ccccn3)cc2)cc(OC)c1.